The minimum atomic E-state index is -2.95. The first kappa shape index (κ1) is 20.5. The van der Waals surface area contributed by atoms with Crippen molar-refractivity contribution in [3.05, 3.63) is 83.7 Å². The lowest BCUT2D eigenvalue weighted by Gasteiger charge is -2.14. The molecule has 0 bridgehead atoms. The van der Waals surface area contributed by atoms with Gasteiger partial charge in [-0.3, -0.25) is 0 Å². The molecule has 1 atom stereocenters. The van der Waals surface area contributed by atoms with E-state index in [1.54, 1.807) is 18.2 Å². The van der Waals surface area contributed by atoms with E-state index in [9.17, 15) is 18.7 Å². The molecule has 2 aromatic carbocycles. The molecule has 0 aliphatic carbocycles. The van der Waals surface area contributed by atoms with E-state index in [4.69, 9.17) is 4.74 Å². The van der Waals surface area contributed by atoms with Crippen LogP contribution in [0.3, 0.4) is 0 Å². The zero-order valence-electron chi connectivity index (χ0n) is 16.4. The third-order valence-electron chi connectivity index (χ3n) is 4.82. The summed E-state index contributed by atoms with van der Waals surface area (Å²) < 4.78 is 34.5. The Morgan fingerprint density at radius 2 is 1.84 bits per heavy atom. The van der Waals surface area contributed by atoms with Gasteiger partial charge >= 0.3 is 12.6 Å². The number of rotatable bonds is 6. The Kier molecular flexibility index (Phi) is 5.64. The van der Waals surface area contributed by atoms with E-state index in [0.717, 1.165) is 5.56 Å². The lowest BCUT2D eigenvalue weighted by Crippen LogP contribution is -2.09. The van der Waals surface area contributed by atoms with Crippen LogP contribution >= 0.6 is 0 Å². The molecule has 31 heavy (non-hydrogen) atoms. The Labute approximate surface area is 176 Å². The fraction of sp³-hybridized carbons (Fsp3) is 0.130. The molecule has 2 aromatic heterocycles. The predicted molar refractivity (Wildman–Crippen MR) is 110 cm³/mol. The molecule has 8 heteroatoms. The predicted octanol–water partition coefficient (Wildman–Crippen LogP) is 4.70. The molecule has 0 aliphatic rings. The van der Waals surface area contributed by atoms with Crippen LogP contribution < -0.4 is 4.74 Å². The molecule has 2 heterocycles. The number of aliphatic hydroxyl groups excluding tert-OH is 1. The van der Waals surface area contributed by atoms with Crippen LogP contribution in [0.25, 0.3) is 22.2 Å². The molecule has 0 amide bonds. The number of aromatic nitrogens is 2. The third-order valence-corrected chi connectivity index (χ3v) is 4.82. The molecular formula is C23H18F2N2O4. The highest BCUT2D eigenvalue weighted by Gasteiger charge is 2.24. The number of H-pyrrole nitrogens is 1. The summed E-state index contributed by atoms with van der Waals surface area (Å²) in [5.74, 6) is -0.625. The maximum absolute atomic E-state index is 12.6. The number of pyridine rings is 1. The third kappa shape index (κ3) is 4.10. The molecule has 0 aliphatic heterocycles. The van der Waals surface area contributed by atoms with Gasteiger partial charge in [-0.2, -0.15) is 8.78 Å². The van der Waals surface area contributed by atoms with E-state index in [2.05, 4.69) is 14.7 Å². The zero-order valence-corrected chi connectivity index (χ0v) is 16.4. The van der Waals surface area contributed by atoms with Gasteiger partial charge < -0.3 is 19.6 Å². The molecule has 4 aromatic rings. The lowest BCUT2D eigenvalue weighted by atomic mass is 9.98. The molecule has 4 rings (SSSR count). The summed E-state index contributed by atoms with van der Waals surface area (Å²) in [6.07, 6.45) is -1.20. The van der Waals surface area contributed by atoms with E-state index >= 15 is 0 Å². The summed E-state index contributed by atoms with van der Waals surface area (Å²) in [7, 11) is 1.25. The second-order valence-electron chi connectivity index (χ2n) is 6.71. The molecule has 1 unspecified atom stereocenters. The van der Waals surface area contributed by atoms with Crippen LogP contribution in [-0.2, 0) is 4.74 Å². The Bertz CT molecular complexity index is 1220. The number of nitrogens with one attached hydrogen (secondary N) is 1. The lowest BCUT2D eigenvalue weighted by molar-refractivity contribution is -0.0497. The molecule has 0 spiro atoms. The van der Waals surface area contributed by atoms with Gasteiger partial charge in [-0.15, -0.1) is 0 Å². The minimum Gasteiger partial charge on any atom is -0.464 e. The zero-order chi connectivity index (χ0) is 22.0. The monoisotopic (exact) mass is 424 g/mol. The van der Waals surface area contributed by atoms with Crippen LogP contribution in [-0.4, -0.2) is 34.8 Å². The number of hydrogen-bond donors (Lipinski definition) is 2. The molecular weight excluding hydrogens is 406 g/mol. The molecule has 2 N–H and O–H groups in total. The number of fused-ring (bicyclic) bond motifs is 1. The second kappa shape index (κ2) is 8.53. The number of halogens is 2. The molecule has 0 radical (unpaired) electrons. The number of aromatic amines is 1. The Balaban J connectivity index is 1.88. The fourth-order valence-corrected chi connectivity index (χ4v) is 3.46. The average molecular weight is 424 g/mol. The number of alkyl halides is 2. The summed E-state index contributed by atoms with van der Waals surface area (Å²) in [6.45, 7) is -2.95. The first-order valence-corrected chi connectivity index (χ1v) is 9.37. The second-order valence-corrected chi connectivity index (χ2v) is 6.71. The van der Waals surface area contributed by atoms with Crippen molar-refractivity contribution in [3.63, 3.8) is 0 Å². The number of ether oxygens (including phenoxy) is 2. The smallest absolute Gasteiger partial charge is 0.387 e. The van der Waals surface area contributed by atoms with Crippen LogP contribution in [0.5, 0.6) is 5.75 Å². The standard InChI is InChI=1S/C23H18F2N2O4/c1-30-22(29)17-9-5-8-16(26-17)21(28)19-15-11-10-14(31-23(24)25)12-18(15)27-20(19)13-6-3-2-4-7-13/h2-12,21,23,27-28H,1H3. The highest BCUT2D eigenvalue weighted by atomic mass is 19.3. The number of hydrogen-bond acceptors (Lipinski definition) is 5. The van der Waals surface area contributed by atoms with Gasteiger partial charge in [-0.25, -0.2) is 9.78 Å². The SMILES string of the molecule is COC(=O)c1cccc(C(O)c2c(-c3ccccc3)[nH]c3cc(OC(F)F)ccc23)n1. The number of carbonyl (C=O) groups is 1. The van der Waals surface area contributed by atoms with Crippen molar-refractivity contribution >= 4 is 16.9 Å². The first-order valence-electron chi connectivity index (χ1n) is 9.37. The number of benzene rings is 2. The van der Waals surface area contributed by atoms with Crippen molar-refractivity contribution < 1.29 is 28.2 Å². The number of nitrogens with zero attached hydrogens (tertiary/aromatic N) is 1. The van der Waals surface area contributed by atoms with Crippen molar-refractivity contribution in [1.29, 1.82) is 0 Å². The number of methoxy groups -OCH3 is 1. The Morgan fingerprint density at radius 1 is 1.06 bits per heavy atom. The number of carbonyl (C=O) groups excluding carboxylic acids is 1. The van der Waals surface area contributed by atoms with E-state index in [1.165, 1.54) is 25.3 Å². The van der Waals surface area contributed by atoms with Gasteiger partial charge in [-0.05, 0) is 29.8 Å². The van der Waals surface area contributed by atoms with E-state index in [1.807, 2.05) is 30.3 Å². The minimum absolute atomic E-state index is 0.00443. The summed E-state index contributed by atoms with van der Waals surface area (Å²) in [6, 6.07) is 18.4. The molecule has 0 saturated carbocycles. The number of esters is 1. The fourth-order valence-electron chi connectivity index (χ4n) is 3.46. The van der Waals surface area contributed by atoms with Gasteiger partial charge in [0.2, 0.25) is 0 Å². The van der Waals surface area contributed by atoms with Gasteiger partial charge in [0, 0.05) is 22.5 Å². The van der Waals surface area contributed by atoms with Crippen LogP contribution in [0.2, 0.25) is 0 Å². The Morgan fingerprint density at radius 3 is 2.55 bits per heavy atom. The maximum Gasteiger partial charge on any atom is 0.387 e. The van der Waals surface area contributed by atoms with Crippen LogP contribution in [0, 0.1) is 0 Å². The van der Waals surface area contributed by atoms with Crippen molar-refractivity contribution in [3.8, 4) is 17.0 Å². The first-order chi connectivity index (χ1) is 15.0. The highest BCUT2D eigenvalue weighted by molar-refractivity contribution is 5.92. The highest BCUT2D eigenvalue weighted by Crippen LogP contribution is 2.38. The van der Waals surface area contributed by atoms with Crippen molar-refractivity contribution in [2.75, 3.05) is 7.11 Å². The summed E-state index contributed by atoms with van der Waals surface area (Å²) in [5.41, 5.74) is 2.70. The van der Waals surface area contributed by atoms with E-state index in [-0.39, 0.29) is 17.1 Å². The molecule has 6 nitrogen and oxygen atoms in total. The van der Waals surface area contributed by atoms with Crippen LogP contribution in [0.15, 0.2) is 66.7 Å². The van der Waals surface area contributed by atoms with Crippen molar-refractivity contribution in [1.82, 2.24) is 9.97 Å². The quantitative estimate of drug-likeness (QED) is 0.439. The summed E-state index contributed by atoms with van der Waals surface area (Å²) in [4.78, 5) is 19.3. The largest absolute Gasteiger partial charge is 0.464 e. The molecule has 0 saturated heterocycles. The summed E-state index contributed by atoms with van der Waals surface area (Å²) >= 11 is 0. The van der Waals surface area contributed by atoms with Gasteiger partial charge in [0.25, 0.3) is 0 Å². The molecule has 158 valence electrons. The Hall–Kier alpha value is -3.78. The van der Waals surface area contributed by atoms with Gasteiger partial charge in [0.15, 0.2) is 0 Å². The van der Waals surface area contributed by atoms with E-state index < -0.39 is 18.7 Å². The average Bonchev–Trinajstić information content (AvgIpc) is 3.17. The van der Waals surface area contributed by atoms with Gasteiger partial charge in [0.1, 0.15) is 17.5 Å². The normalized spacial score (nSPS) is 12.2. The number of aliphatic hydroxyl groups is 1. The van der Waals surface area contributed by atoms with E-state index in [0.29, 0.717) is 22.2 Å². The van der Waals surface area contributed by atoms with Crippen LogP contribution in [0.1, 0.15) is 27.8 Å². The van der Waals surface area contributed by atoms with Gasteiger partial charge in [0.05, 0.1) is 18.5 Å². The van der Waals surface area contributed by atoms with Crippen LogP contribution in [0.4, 0.5) is 8.78 Å². The van der Waals surface area contributed by atoms with Crippen molar-refractivity contribution in [2.45, 2.75) is 12.7 Å². The maximum atomic E-state index is 12.6. The topological polar surface area (TPSA) is 84.4 Å². The summed E-state index contributed by atoms with van der Waals surface area (Å²) in [5, 5.41) is 11.8. The van der Waals surface area contributed by atoms with Gasteiger partial charge in [-0.1, -0.05) is 36.4 Å². The molecule has 0 fully saturated rings. The van der Waals surface area contributed by atoms with Crippen molar-refractivity contribution in [2.24, 2.45) is 0 Å².